The van der Waals surface area contributed by atoms with Gasteiger partial charge in [0.05, 0.1) is 11.0 Å². The average molecular weight is 747 g/mol. The Morgan fingerprint density at radius 1 is 0.351 bits per heavy atom. The van der Waals surface area contributed by atoms with Crippen LogP contribution in [0, 0.1) is 0 Å². The zero-order chi connectivity index (χ0) is 37.5. The minimum Gasteiger partial charge on any atom is -0.456 e. The smallest absolute Gasteiger partial charge is 0.164 e. The minimum absolute atomic E-state index is 0.608. The van der Waals surface area contributed by atoms with Crippen molar-refractivity contribution >= 4 is 75.3 Å². The minimum atomic E-state index is 0.608. The Labute approximate surface area is 330 Å². The number of aromatic nitrogens is 4. The van der Waals surface area contributed by atoms with Gasteiger partial charge in [-0.15, -0.1) is 11.3 Å². The molecule has 6 heteroatoms. The zero-order valence-corrected chi connectivity index (χ0v) is 31.2. The van der Waals surface area contributed by atoms with Gasteiger partial charge >= 0.3 is 0 Å². The molecule has 0 bridgehead atoms. The number of thiophene rings is 1. The molecule has 0 aliphatic rings. The van der Waals surface area contributed by atoms with Gasteiger partial charge in [0.1, 0.15) is 11.2 Å². The fourth-order valence-corrected chi connectivity index (χ4v) is 9.45. The van der Waals surface area contributed by atoms with Crippen molar-refractivity contribution in [3.63, 3.8) is 0 Å². The van der Waals surface area contributed by atoms with E-state index >= 15 is 0 Å². The SMILES string of the molecule is c1ccc(-c2ccc(-c3nc(-c4ccc5c(c4)sc4ccccc45)nc(-c4ccc5oc6cc7c(cc6c5c4)c4ccccc4n7-c4ccccc4)n3)cc2)cc1. The van der Waals surface area contributed by atoms with Crippen molar-refractivity contribution in [2.24, 2.45) is 0 Å². The van der Waals surface area contributed by atoms with Gasteiger partial charge in [-0.05, 0) is 65.7 Å². The van der Waals surface area contributed by atoms with Gasteiger partial charge in [0.25, 0.3) is 0 Å². The Morgan fingerprint density at radius 3 is 1.74 bits per heavy atom. The molecule has 4 heterocycles. The zero-order valence-electron chi connectivity index (χ0n) is 30.4. The highest BCUT2D eigenvalue weighted by Gasteiger charge is 2.19. The molecule has 0 atom stereocenters. The van der Waals surface area contributed by atoms with Gasteiger partial charge in [-0.3, -0.25) is 0 Å². The maximum absolute atomic E-state index is 6.57. The second kappa shape index (κ2) is 12.6. The summed E-state index contributed by atoms with van der Waals surface area (Å²) >= 11 is 1.79. The second-order valence-corrected chi connectivity index (χ2v) is 15.5. The number of hydrogen-bond donors (Lipinski definition) is 0. The first kappa shape index (κ1) is 31.9. The molecule has 0 aliphatic carbocycles. The van der Waals surface area contributed by atoms with Crippen LogP contribution in [0.4, 0.5) is 0 Å². The lowest BCUT2D eigenvalue weighted by Crippen LogP contribution is -2.00. The average Bonchev–Trinajstić information content (AvgIpc) is 3.94. The molecular weight excluding hydrogens is 717 g/mol. The Hall–Kier alpha value is -7.41. The Balaban J connectivity index is 1.03. The first-order valence-corrected chi connectivity index (χ1v) is 19.8. The van der Waals surface area contributed by atoms with E-state index in [1.165, 1.54) is 36.5 Å². The predicted octanol–water partition coefficient (Wildman–Crippen LogP) is 13.9. The summed E-state index contributed by atoms with van der Waals surface area (Å²) in [5.74, 6) is 1.87. The molecule has 4 aromatic heterocycles. The summed E-state index contributed by atoms with van der Waals surface area (Å²) < 4.78 is 11.4. The largest absolute Gasteiger partial charge is 0.456 e. The van der Waals surface area contributed by atoms with Gasteiger partial charge in [-0.1, -0.05) is 121 Å². The van der Waals surface area contributed by atoms with Crippen LogP contribution in [0.1, 0.15) is 0 Å². The number of para-hydroxylation sites is 2. The van der Waals surface area contributed by atoms with Crippen molar-refractivity contribution in [2.75, 3.05) is 0 Å². The monoisotopic (exact) mass is 746 g/mol. The van der Waals surface area contributed by atoms with Crippen LogP contribution in [0.5, 0.6) is 0 Å². The molecule has 0 fully saturated rings. The molecule has 0 aliphatic heterocycles. The summed E-state index contributed by atoms with van der Waals surface area (Å²) in [5.41, 5.74) is 10.1. The van der Waals surface area contributed by atoms with E-state index in [0.717, 1.165) is 60.9 Å². The first-order valence-electron chi connectivity index (χ1n) is 19.0. The summed E-state index contributed by atoms with van der Waals surface area (Å²) in [6.07, 6.45) is 0. The van der Waals surface area contributed by atoms with Crippen LogP contribution in [0.25, 0.3) is 115 Å². The molecule has 0 unspecified atom stereocenters. The van der Waals surface area contributed by atoms with E-state index in [-0.39, 0.29) is 0 Å². The molecule has 12 aromatic rings. The van der Waals surface area contributed by atoms with Gasteiger partial charge in [-0.25, -0.2) is 15.0 Å². The molecule has 0 saturated heterocycles. The molecule has 0 saturated carbocycles. The molecule has 0 amide bonds. The lowest BCUT2D eigenvalue weighted by Gasteiger charge is -2.09. The van der Waals surface area contributed by atoms with Crippen LogP contribution in [0.15, 0.2) is 186 Å². The van der Waals surface area contributed by atoms with E-state index < -0.39 is 0 Å². The highest BCUT2D eigenvalue weighted by atomic mass is 32.1. The molecule has 0 N–H and O–H groups in total. The van der Waals surface area contributed by atoms with E-state index in [1.807, 2.05) is 12.1 Å². The van der Waals surface area contributed by atoms with Crippen LogP contribution < -0.4 is 0 Å². The Kier molecular flexibility index (Phi) is 7.03. The maximum Gasteiger partial charge on any atom is 0.164 e. The summed E-state index contributed by atoms with van der Waals surface area (Å²) in [4.78, 5) is 15.4. The molecule has 5 nitrogen and oxygen atoms in total. The van der Waals surface area contributed by atoms with E-state index in [4.69, 9.17) is 19.4 Å². The fourth-order valence-electron chi connectivity index (χ4n) is 8.30. The Bertz CT molecular complexity index is 3510. The Morgan fingerprint density at radius 2 is 0.930 bits per heavy atom. The number of nitrogens with zero attached hydrogens (tertiary/aromatic N) is 4. The van der Waals surface area contributed by atoms with E-state index in [1.54, 1.807) is 11.3 Å². The van der Waals surface area contributed by atoms with Crippen molar-refractivity contribution in [3.8, 4) is 51.0 Å². The molecular formula is C51H30N4OS. The molecule has 8 aromatic carbocycles. The topological polar surface area (TPSA) is 56.7 Å². The number of rotatable bonds is 5. The van der Waals surface area contributed by atoms with Crippen molar-refractivity contribution in [1.82, 2.24) is 19.5 Å². The van der Waals surface area contributed by atoms with Crippen LogP contribution >= 0.6 is 11.3 Å². The molecule has 0 spiro atoms. The summed E-state index contributed by atoms with van der Waals surface area (Å²) in [6, 6.07) is 63.8. The molecule has 12 rings (SSSR count). The van der Waals surface area contributed by atoms with Crippen molar-refractivity contribution in [2.45, 2.75) is 0 Å². The van der Waals surface area contributed by atoms with Gasteiger partial charge in [0, 0.05) is 70.2 Å². The standard InChI is InChI=1S/C51H30N4OS/c1-3-11-31(12-4-1)32-19-21-33(22-20-32)49-52-50(54-51(53-49)35-23-25-39-38-16-8-10-18-47(38)57-48(39)28-35)34-24-26-45-41(27-34)42-29-40-37-15-7-9-17-43(37)55(36-13-5-2-6-14-36)44(40)30-46(42)56-45/h1-30H. The lowest BCUT2D eigenvalue weighted by molar-refractivity contribution is 0.669. The summed E-state index contributed by atoms with van der Waals surface area (Å²) in [6.45, 7) is 0. The van der Waals surface area contributed by atoms with Gasteiger partial charge in [-0.2, -0.15) is 0 Å². The third-order valence-electron chi connectivity index (χ3n) is 11.1. The van der Waals surface area contributed by atoms with E-state index in [2.05, 4.69) is 174 Å². The van der Waals surface area contributed by atoms with E-state index in [9.17, 15) is 0 Å². The number of furan rings is 1. The van der Waals surface area contributed by atoms with Crippen molar-refractivity contribution < 1.29 is 4.42 Å². The van der Waals surface area contributed by atoms with Gasteiger partial charge in [0.2, 0.25) is 0 Å². The molecule has 266 valence electrons. The quantitative estimate of drug-likeness (QED) is 0.176. The van der Waals surface area contributed by atoms with Crippen molar-refractivity contribution in [1.29, 1.82) is 0 Å². The lowest BCUT2D eigenvalue weighted by atomic mass is 10.0. The van der Waals surface area contributed by atoms with Gasteiger partial charge in [0.15, 0.2) is 17.5 Å². The molecule has 0 radical (unpaired) electrons. The first-order chi connectivity index (χ1) is 28.2. The number of benzene rings is 8. The van der Waals surface area contributed by atoms with E-state index in [0.29, 0.717) is 17.5 Å². The number of hydrogen-bond acceptors (Lipinski definition) is 5. The second-order valence-electron chi connectivity index (χ2n) is 14.4. The van der Waals surface area contributed by atoms with Crippen LogP contribution in [0.2, 0.25) is 0 Å². The summed E-state index contributed by atoms with van der Waals surface area (Å²) in [5, 5.41) is 6.95. The van der Waals surface area contributed by atoms with Crippen molar-refractivity contribution in [3.05, 3.63) is 182 Å². The predicted molar refractivity (Wildman–Crippen MR) is 236 cm³/mol. The van der Waals surface area contributed by atoms with Crippen LogP contribution in [-0.2, 0) is 0 Å². The normalized spacial score (nSPS) is 11.9. The fraction of sp³-hybridized carbons (Fsp3) is 0. The highest BCUT2D eigenvalue weighted by Crippen LogP contribution is 2.40. The maximum atomic E-state index is 6.57. The summed E-state index contributed by atoms with van der Waals surface area (Å²) in [7, 11) is 0. The third kappa shape index (κ3) is 5.19. The van der Waals surface area contributed by atoms with Crippen LogP contribution in [-0.4, -0.2) is 19.5 Å². The molecule has 57 heavy (non-hydrogen) atoms. The number of fused-ring (bicyclic) bond motifs is 9. The van der Waals surface area contributed by atoms with Gasteiger partial charge < -0.3 is 8.98 Å². The van der Waals surface area contributed by atoms with Crippen LogP contribution in [0.3, 0.4) is 0 Å². The highest BCUT2D eigenvalue weighted by molar-refractivity contribution is 7.25. The third-order valence-corrected chi connectivity index (χ3v) is 12.2.